The number of carbonyl (C=O) groups excluding carboxylic acids is 1. The number of benzene rings is 3. The Balaban J connectivity index is 1.07. The molecule has 2 aliphatic rings. The van der Waals surface area contributed by atoms with Crippen molar-refractivity contribution >= 4 is 11.6 Å². The van der Waals surface area contributed by atoms with Crippen LogP contribution in [0, 0.1) is 20.8 Å². The van der Waals surface area contributed by atoms with Gasteiger partial charge in [-0.3, -0.25) is 9.69 Å². The van der Waals surface area contributed by atoms with Gasteiger partial charge in [0.2, 0.25) is 5.91 Å². The van der Waals surface area contributed by atoms with Crippen LogP contribution in [0.1, 0.15) is 66.2 Å². The van der Waals surface area contributed by atoms with Gasteiger partial charge in [0, 0.05) is 63.9 Å². The van der Waals surface area contributed by atoms with Crippen molar-refractivity contribution < 1.29 is 14.3 Å². The maximum Gasteiger partial charge on any atom is 0.221 e. The van der Waals surface area contributed by atoms with Crippen LogP contribution in [-0.2, 0) is 16.0 Å². The standard InChI is InChI=1S/C36H47N3O3/c1-26-27(2)34-32(28(3)33(26)37-29(4)40)24-36(5,42-34)25-39-21-19-38(20-22-39)18-12-13-23-41-35(30-14-8-6-9-15-30)31-16-10-7-11-17-31/h6-11,14-17,35H,12-13,18-25H2,1-5H3,(H,37,40). The Labute approximate surface area is 252 Å². The second kappa shape index (κ2) is 13.4. The molecule has 0 aromatic heterocycles. The van der Waals surface area contributed by atoms with Crippen LogP contribution in [-0.4, -0.2) is 67.2 Å². The molecule has 0 spiro atoms. The molecule has 2 heterocycles. The van der Waals surface area contributed by atoms with Crippen LogP contribution in [0.15, 0.2) is 60.7 Å². The number of carbonyl (C=O) groups is 1. The molecule has 224 valence electrons. The van der Waals surface area contributed by atoms with Crippen molar-refractivity contribution in [2.45, 2.75) is 65.6 Å². The molecular weight excluding hydrogens is 522 g/mol. The van der Waals surface area contributed by atoms with Gasteiger partial charge >= 0.3 is 0 Å². The Hall–Kier alpha value is -3.19. The highest BCUT2D eigenvalue weighted by Gasteiger charge is 2.40. The lowest BCUT2D eigenvalue weighted by Gasteiger charge is -2.38. The van der Waals surface area contributed by atoms with Crippen molar-refractivity contribution in [1.29, 1.82) is 0 Å². The first-order valence-electron chi connectivity index (χ1n) is 15.5. The summed E-state index contributed by atoms with van der Waals surface area (Å²) < 4.78 is 13.1. The molecule has 1 saturated heterocycles. The lowest BCUT2D eigenvalue weighted by atomic mass is 9.91. The lowest BCUT2D eigenvalue weighted by molar-refractivity contribution is -0.114. The van der Waals surface area contributed by atoms with E-state index in [0.717, 1.165) is 93.3 Å². The van der Waals surface area contributed by atoms with Crippen molar-refractivity contribution in [3.63, 3.8) is 0 Å². The number of amides is 1. The highest BCUT2D eigenvalue weighted by molar-refractivity contribution is 5.91. The Bertz CT molecular complexity index is 1310. The number of anilines is 1. The predicted octanol–water partition coefficient (Wildman–Crippen LogP) is 6.47. The molecular formula is C36H47N3O3. The largest absolute Gasteiger partial charge is 0.485 e. The fourth-order valence-electron chi connectivity index (χ4n) is 6.57. The Morgan fingerprint density at radius 2 is 1.48 bits per heavy atom. The quantitative estimate of drug-likeness (QED) is 0.268. The molecule has 0 saturated carbocycles. The van der Waals surface area contributed by atoms with E-state index in [0.29, 0.717) is 0 Å². The van der Waals surface area contributed by atoms with Gasteiger partial charge in [0.1, 0.15) is 17.5 Å². The summed E-state index contributed by atoms with van der Waals surface area (Å²) in [6.07, 6.45) is 3.05. The number of ether oxygens (including phenoxy) is 2. The molecule has 3 aromatic carbocycles. The monoisotopic (exact) mass is 569 g/mol. The Morgan fingerprint density at radius 3 is 2.07 bits per heavy atom. The number of hydrogen-bond donors (Lipinski definition) is 1. The minimum Gasteiger partial charge on any atom is -0.485 e. The van der Waals surface area contributed by atoms with Gasteiger partial charge in [0.15, 0.2) is 0 Å². The van der Waals surface area contributed by atoms with E-state index >= 15 is 0 Å². The molecule has 0 radical (unpaired) electrons. The van der Waals surface area contributed by atoms with Gasteiger partial charge in [0.05, 0.1) is 0 Å². The molecule has 6 heteroatoms. The van der Waals surface area contributed by atoms with Gasteiger partial charge in [-0.1, -0.05) is 60.7 Å². The van der Waals surface area contributed by atoms with Gasteiger partial charge in [-0.2, -0.15) is 0 Å². The smallest absolute Gasteiger partial charge is 0.221 e. The van der Waals surface area contributed by atoms with Gasteiger partial charge < -0.3 is 19.7 Å². The summed E-state index contributed by atoms with van der Waals surface area (Å²) in [5.74, 6) is 0.986. The molecule has 6 nitrogen and oxygen atoms in total. The number of rotatable bonds is 11. The summed E-state index contributed by atoms with van der Waals surface area (Å²) in [4.78, 5) is 17.0. The summed E-state index contributed by atoms with van der Waals surface area (Å²) in [5.41, 5.74) is 7.71. The molecule has 2 aliphatic heterocycles. The fraction of sp³-hybridized carbons (Fsp3) is 0.472. The summed E-state index contributed by atoms with van der Waals surface area (Å²) in [6.45, 7) is 17.2. The summed E-state index contributed by atoms with van der Waals surface area (Å²) in [5, 5.41) is 3.05. The van der Waals surface area contributed by atoms with E-state index in [1.165, 1.54) is 16.7 Å². The van der Waals surface area contributed by atoms with E-state index in [9.17, 15) is 4.79 Å². The van der Waals surface area contributed by atoms with Crippen LogP contribution < -0.4 is 10.1 Å². The third kappa shape index (κ3) is 7.05. The first kappa shape index (κ1) is 30.3. The number of piperazine rings is 1. The first-order chi connectivity index (χ1) is 20.2. The summed E-state index contributed by atoms with van der Waals surface area (Å²) in [7, 11) is 0. The number of fused-ring (bicyclic) bond motifs is 1. The highest BCUT2D eigenvalue weighted by atomic mass is 16.5. The van der Waals surface area contributed by atoms with Crippen molar-refractivity contribution in [3.05, 3.63) is 94.0 Å². The van der Waals surface area contributed by atoms with Crippen LogP contribution >= 0.6 is 0 Å². The topological polar surface area (TPSA) is 54.0 Å². The van der Waals surface area contributed by atoms with E-state index in [1.807, 2.05) is 0 Å². The van der Waals surface area contributed by atoms with Crippen LogP contribution in [0.3, 0.4) is 0 Å². The second-order valence-corrected chi connectivity index (χ2v) is 12.4. The predicted molar refractivity (Wildman–Crippen MR) is 170 cm³/mol. The normalized spacial score (nSPS) is 19.1. The lowest BCUT2D eigenvalue weighted by Crippen LogP contribution is -2.52. The van der Waals surface area contributed by atoms with Crippen LogP contribution in [0.2, 0.25) is 0 Å². The zero-order chi connectivity index (χ0) is 29.7. The molecule has 1 fully saturated rings. The second-order valence-electron chi connectivity index (χ2n) is 12.4. The molecule has 5 rings (SSSR count). The maximum absolute atomic E-state index is 11.8. The SMILES string of the molecule is CC(=O)Nc1c(C)c(C)c2c(c1C)CC(C)(CN1CCN(CCCCOC(c3ccccc3)c3ccccc3)CC1)O2. The van der Waals surface area contributed by atoms with Crippen molar-refractivity contribution in [3.8, 4) is 5.75 Å². The zero-order valence-electron chi connectivity index (χ0n) is 26.0. The van der Waals surface area contributed by atoms with Crippen molar-refractivity contribution in [1.82, 2.24) is 9.80 Å². The zero-order valence-corrected chi connectivity index (χ0v) is 26.0. The van der Waals surface area contributed by atoms with Crippen LogP contribution in [0.4, 0.5) is 5.69 Å². The van der Waals surface area contributed by atoms with E-state index in [4.69, 9.17) is 9.47 Å². The Kier molecular flexibility index (Phi) is 9.67. The first-order valence-corrected chi connectivity index (χ1v) is 15.5. The van der Waals surface area contributed by atoms with Gasteiger partial charge in [-0.25, -0.2) is 0 Å². The van der Waals surface area contributed by atoms with Crippen LogP contribution in [0.25, 0.3) is 0 Å². The van der Waals surface area contributed by atoms with Gasteiger partial charge in [0.25, 0.3) is 0 Å². The number of hydrogen-bond acceptors (Lipinski definition) is 5. The number of nitrogens with one attached hydrogen (secondary N) is 1. The molecule has 1 unspecified atom stereocenters. The molecule has 0 aliphatic carbocycles. The van der Waals surface area contributed by atoms with Crippen molar-refractivity contribution in [2.75, 3.05) is 51.2 Å². The van der Waals surface area contributed by atoms with Crippen LogP contribution in [0.5, 0.6) is 5.75 Å². The summed E-state index contributed by atoms with van der Waals surface area (Å²) >= 11 is 0. The number of unbranched alkanes of at least 4 members (excludes halogenated alkanes) is 1. The molecule has 1 N–H and O–H groups in total. The van der Waals surface area contributed by atoms with E-state index < -0.39 is 0 Å². The molecule has 0 bridgehead atoms. The highest BCUT2D eigenvalue weighted by Crippen LogP contribution is 2.44. The fourth-order valence-corrected chi connectivity index (χ4v) is 6.57. The minimum atomic E-state index is -0.257. The Morgan fingerprint density at radius 1 is 0.881 bits per heavy atom. The van der Waals surface area contributed by atoms with E-state index in [2.05, 4.69) is 103 Å². The average Bonchev–Trinajstić information content (AvgIpc) is 3.35. The van der Waals surface area contributed by atoms with Gasteiger partial charge in [-0.15, -0.1) is 0 Å². The third-order valence-electron chi connectivity index (χ3n) is 8.96. The molecule has 1 amide bonds. The average molecular weight is 570 g/mol. The molecule has 42 heavy (non-hydrogen) atoms. The summed E-state index contributed by atoms with van der Waals surface area (Å²) in [6, 6.07) is 21.0. The number of nitrogens with zero attached hydrogens (tertiary/aromatic N) is 2. The third-order valence-corrected chi connectivity index (χ3v) is 8.96. The van der Waals surface area contributed by atoms with E-state index in [-0.39, 0.29) is 17.6 Å². The van der Waals surface area contributed by atoms with E-state index in [1.54, 1.807) is 6.92 Å². The van der Waals surface area contributed by atoms with Gasteiger partial charge in [-0.05, 0) is 74.9 Å². The maximum atomic E-state index is 11.8. The molecule has 3 aromatic rings. The van der Waals surface area contributed by atoms with Crippen molar-refractivity contribution in [2.24, 2.45) is 0 Å². The molecule has 1 atom stereocenters. The minimum absolute atomic E-state index is 0.0188.